The van der Waals surface area contributed by atoms with Gasteiger partial charge in [0.15, 0.2) is 0 Å². The van der Waals surface area contributed by atoms with Gasteiger partial charge in [0.2, 0.25) is 0 Å². The Balaban J connectivity index is 0. The summed E-state index contributed by atoms with van der Waals surface area (Å²) >= 11 is 0. The quantitative estimate of drug-likeness (QED) is 0.339. The van der Waals surface area contributed by atoms with Gasteiger partial charge in [-0.3, -0.25) is 0 Å². The molecule has 0 aromatic rings. The van der Waals surface area contributed by atoms with Crippen molar-refractivity contribution < 1.29 is 9.59 Å². The molecular weight excluding hydrogens is 136 g/mol. The highest BCUT2D eigenvalue weighted by Crippen LogP contribution is 1.48. The molecule has 6 nitrogen and oxygen atoms in total. The Kier molecular flexibility index (Phi) is 8.56. The Morgan fingerprint density at radius 2 is 1.20 bits per heavy atom. The van der Waals surface area contributed by atoms with E-state index in [9.17, 15) is 9.59 Å². The zero-order valence-corrected chi connectivity index (χ0v) is 5.97. The van der Waals surface area contributed by atoms with Gasteiger partial charge in [-0.05, 0) is 0 Å². The highest BCUT2D eigenvalue weighted by molar-refractivity contribution is 5.77. The van der Waals surface area contributed by atoms with Crippen LogP contribution in [-0.4, -0.2) is 12.1 Å². The minimum Gasteiger partial charge on any atom is -0.350 e. The number of carbonyl (C=O) groups is 2. The van der Waals surface area contributed by atoms with Gasteiger partial charge in [-0.15, -0.1) is 0 Å². The highest BCUT2D eigenvalue weighted by atomic mass is 16.2. The van der Waals surface area contributed by atoms with Crippen LogP contribution in [0.15, 0.2) is 0 Å². The van der Waals surface area contributed by atoms with Gasteiger partial charge < -0.3 is 11.5 Å². The van der Waals surface area contributed by atoms with Crippen molar-refractivity contribution in [2.24, 2.45) is 11.5 Å². The number of hydrazine groups is 1. The molecule has 0 radical (unpaired) electrons. The van der Waals surface area contributed by atoms with Gasteiger partial charge in [0.25, 0.3) is 0 Å². The summed E-state index contributed by atoms with van der Waals surface area (Å²) in [5.74, 6) is 0. The number of urea groups is 2. The smallest absolute Gasteiger partial charge is 0.330 e. The summed E-state index contributed by atoms with van der Waals surface area (Å²) in [5, 5.41) is 0. The van der Waals surface area contributed by atoms with Crippen LogP contribution >= 0.6 is 0 Å². The molecule has 0 rings (SSSR count). The SMILES string of the molecule is CC.NC(=O)NNC(N)=O. The van der Waals surface area contributed by atoms with Crippen molar-refractivity contribution >= 4 is 12.1 Å². The Hall–Kier alpha value is -1.46. The summed E-state index contributed by atoms with van der Waals surface area (Å²) in [6.45, 7) is 4.00. The maximum absolute atomic E-state index is 9.74. The third-order valence-corrected chi connectivity index (χ3v) is 0.309. The Morgan fingerprint density at radius 1 is 1.00 bits per heavy atom. The number of hydrogen-bond acceptors (Lipinski definition) is 2. The van der Waals surface area contributed by atoms with Crippen molar-refractivity contribution in [3.05, 3.63) is 0 Å². The molecule has 0 bridgehead atoms. The van der Waals surface area contributed by atoms with Crippen LogP contribution < -0.4 is 22.3 Å². The fourth-order valence-corrected chi connectivity index (χ4v) is 0.123. The van der Waals surface area contributed by atoms with E-state index in [-0.39, 0.29) is 0 Å². The van der Waals surface area contributed by atoms with E-state index in [4.69, 9.17) is 0 Å². The van der Waals surface area contributed by atoms with Crippen molar-refractivity contribution in [3.8, 4) is 0 Å². The molecule has 0 aliphatic heterocycles. The van der Waals surface area contributed by atoms with Crippen molar-refractivity contribution in [1.29, 1.82) is 0 Å². The van der Waals surface area contributed by atoms with Crippen LogP contribution in [0.25, 0.3) is 0 Å². The van der Waals surface area contributed by atoms with Crippen LogP contribution in [0.3, 0.4) is 0 Å². The first kappa shape index (κ1) is 11.4. The van der Waals surface area contributed by atoms with Gasteiger partial charge in [0.1, 0.15) is 0 Å². The molecule has 0 aromatic heterocycles. The lowest BCUT2D eigenvalue weighted by molar-refractivity contribution is 0.233. The number of carbonyl (C=O) groups excluding carboxylic acids is 2. The molecule has 0 saturated carbocycles. The highest BCUT2D eigenvalue weighted by Gasteiger charge is 1.89. The second-order valence-corrected chi connectivity index (χ2v) is 0.979. The average molecular weight is 148 g/mol. The molecule has 0 fully saturated rings. The number of rotatable bonds is 0. The van der Waals surface area contributed by atoms with E-state index < -0.39 is 12.1 Å². The van der Waals surface area contributed by atoms with Crippen LogP contribution in [0.5, 0.6) is 0 Å². The molecule has 0 heterocycles. The normalized spacial score (nSPS) is 6.60. The lowest BCUT2D eigenvalue weighted by atomic mass is 11.0. The van der Waals surface area contributed by atoms with Gasteiger partial charge in [-0.25, -0.2) is 20.4 Å². The third-order valence-electron chi connectivity index (χ3n) is 0.309. The van der Waals surface area contributed by atoms with Crippen LogP contribution in [0.1, 0.15) is 13.8 Å². The molecule has 6 heteroatoms. The minimum absolute atomic E-state index is 0.858. The predicted octanol–water partition coefficient (Wildman–Crippen LogP) is -0.736. The first-order chi connectivity index (χ1) is 4.63. The number of primary amides is 2. The second kappa shape index (κ2) is 7.54. The summed E-state index contributed by atoms with van der Waals surface area (Å²) in [6.07, 6.45) is 0. The largest absolute Gasteiger partial charge is 0.350 e. The Bertz CT molecular complexity index is 99.8. The summed E-state index contributed by atoms with van der Waals surface area (Å²) < 4.78 is 0. The summed E-state index contributed by atoms with van der Waals surface area (Å²) in [5.41, 5.74) is 12.6. The fraction of sp³-hybridized carbons (Fsp3) is 0.500. The van der Waals surface area contributed by atoms with E-state index in [1.807, 2.05) is 13.8 Å². The third kappa shape index (κ3) is 16.0. The lowest BCUT2D eigenvalue weighted by Gasteiger charge is -1.97. The average Bonchev–Trinajstić information content (AvgIpc) is 1.89. The Labute approximate surface area is 58.9 Å². The minimum atomic E-state index is -0.858. The Morgan fingerprint density at radius 3 is 1.30 bits per heavy atom. The van der Waals surface area contributed by atoms with Crippen LogP contribution in [0, 0.1) is 0 Å². The molecule has 4 amide bonds. The molecule has 0 aliphatic rings. The first-order valence-electron chi connectivity index (χ1n) is 2.74. The number of hydrogen-bond donors (Lipinski definition) is 4. The predicted molar refractivity (Wildman–Crippen MR) is 36.8 cm³/mol. The zero-order valence-electron chi connectivity index (χ0n) is 5.97. The van der Waals surface area contributed by atoms with Gasteiger partial charge >= 0.3 is 12.1 Å². The van der Waals surface area contributed by atoms with E-state index in [0.717, 1.165) is 0 Å². The van der Waals surface area contributed by atoms with E-state index >= 15 is 0 Å². The number of nitrogens with one attached hydrogen (secondary N) is 2. The van der Waals surface area contributed by atoms with E-state index in [0.29, 0.717) is 0 Å². The van der Waals surface area contributed by atoms with Crippen molar-refractivity contribution in [3.63, 3.8) is 0 Å². The molecule has 0 spiro atoms. The van der Waals surface area contributed by atoms with E-state index in [1.54, 1.807) is 10.9 Å². The maximum Gasteiger partial charge on any atom is 0.330 e. The number of nitrogens with two attached hydrogens (primary N) is 2. The monoisotopic (exact) mass is 148 g/mol. The van der Waals surface area contributed by atoms with E-state index in [2.05, 4.69) is 11.5 Å². The fourth-order valence-electron chi connectivity index (χ4n) is 0.123. The molecule has 0 atom stereocenters. The summed E-state index contributed by atoms with van der Waals surface area (Å²) in [6, 6.07) is -1.72. The zero-order chi connectivity index (χ0) is 8.57. The molecule has 0 aliphatic carbocycles. The standard InChI is InChI=1S/C2H6N4O2.C2H6/c3-1(7)5-6-2(4)8;1-2/h(H3,3,5,7)(H3,4,6,8);1-2H3. The number of amides is 4. The summed E-state index contributed by atoms with van der Waals surface area (Å²) in [7, 11) is 0. The molecule has 0 saturated heterocycles. The molecule has 10 heavy (non-hydrogen) atoms. The summed E-state index contributed by atoms with van der Waals surface area (Å²) in [4.78, 5) is 19.5. The molecule has 6 N–H and O–H groups in total. The van der Waals surface area contributed by atoms with Gasteiger partial charge in [0.05, 0.1) is 0 Å². The molecule has 60 valence electrons. The maximum atomic E-state index is 9.74. The molecule has 0 unspecified atom stereocenters. The topological polar surface area (TPSA) is 110 Å². The van der Waals surface area contributed by atoms with Crippen LogP contribution in [-0.2, 0) is 0 Å². The van der Waals surface area contributed by atoms with Crippen molar-refractivity contribution in [2.45, 2.75) is 13.8 Å². The van der Waals surface area contributed by atoms with Gasteiger partial charge in [-0.1, -0.05) is 13.8 Å². The molecule has 0 aromatic carbocycles. The first-order valence-corrected chi connectivity index (χ1v) is 2.74. The second-order valence-electron chi connectivity index (χ2n) is 0.979. The van der Waals surface area contributed by atoms with E-state index in [1.165, 1.54) is 0 Å². The van der Waals surface area contributed by atoms with Crippen molar-refractivity contribution in [2.75, 3.05) is 0 Å². The van der Waals surface area contributed by atoms with Gasteiger partial charge in [0, 0.05) is 0 Å². The van der Waals surface area contributed by atoms with Gasteiger partial charge in [-0.2, -0.15) is 0 Å². The van der Waals surface area contributed by atoms with Crippen LogP contribution in [0.4, 0.5) is 9.59 Å². The molecular formula is C4H12N4O2. The van der Waals surface area contributed by atoms with Crippen molar-refractivity contribution in [1.82, 2.24) is 10.9 Å². The van der Waals surface area contributed by atoms with Crippen LogP contribution in [0.2, 0.25) is 0 Å². The lowest BCUT2D eigenvalue weighted by Crippen LogP contribution is -2.46.